The lowest BCUT2D eigenvalue weighted by molar-refractivity contribution is -0.146. The Hall–Kier alpha value is -2.11. The molecule has 6 aliphatic rings. The Morgan fingerprint density at radius 2 is 1.87 bits per heavy atom. The largest absolute Gasteiger partial charge is 0.493 e. The van der Waals surface area contributed by atoms with Crippen molar-refractivity contribution in [3.8, 4) is 5.75 Å². The molecule has 5 nitrogen and oxygen atoms in total. The Morgan fingerprint density at radius 1 is 1.13 bits per heavy atom. The Balaban J connectivity index is 1.25. The van der Waals surface area contributed by atoms with Gasteiger partial charge in [0.05, 0.1) is 12.2 Å². The molecule has 6 fully saturated rings. The Kier molecular flexibility index (Phi) is 4.00. The molecular weight excluding hydrogens is 385 g/mol. The maximum absolute atomic E-state index is 15.0. The summed E-state index contributed by atoms with van der Waals surface area (Å²) in [5.74, 6) is 1.20. The van der Waals surface area contributed by atoms with Crippen molar-refractivity contribution < 1.29 is 23.8 Å². The molecule has 160 valence electrons. The minimum atomic E-state index is -1.03. The van der Waals surface area contributed by atoms with E-state index in [9.17, 15) is 19.1 Å². The molecule has 1 aromatic rings. The van der Waals surface area contributed by atoms with Gasteiger partial charge in [-0.05, 0) is 86.7 Å². The lowest BCUT2D eigenvalue weighted by atomic mass is 9.76. The molecule has 30 heavy (non-hydrogen) atoms. The fourth-order valence-corrected chi connectivity index (χ4v) is 7.04. The van der Waals surface area contributed by atoms with E-state index in [4.69, 9.17) is 4.74 Å². The molecular formula is C24H28FNO4. The van der Waals surface area contributed by atoms with Gasteiger partial charge in [-0.2, -0.15) is 0 Å². The zero-order valence-electron chi connectivity index (χ0n) is 17.1. The number of benzene rings is 1. The third-order valence-electron chi connectivity index (χ3n) is 8.59. The number of hydrogen-bond donors (Lipinski definition) is 1. The number of carboxylic acids is 1. The average Bonchev–Trinajstić information content (AvgIpc) is 3.42. The molecule has 0 spiro atoms. The summed E-state index contributed by atoms with van der Waals surface area (Å²) in [5, 5.41) is 9.23. The molecule has 3 atom stereocenters. The van der Waals surface area contributed by atoms with E-state index in [2.05, 4.69) is 0 Å². The number of carbonyl (C=O) groups is 2. The van der Waals surface area contributed by atoms with E-state index in [0.29, 0.717) is 31.2 Å². The van der Waals surface area contributed by atoms with Gasteiger partial charge in [-0.15, -0.1) is 0 Å². The van der Waals surface area contributed by atoms with Crippen LogP contribution in [0.15, 0.2) is 12.1 Å². The summed E-state index contributed by atoms with van der Waals surface area (Å²) in [7, 11) is 0. The van der Waals surface area contributed by atoms with Gasteiger partial charge in [0.15, 0.2) is 0 Å². The summed E-state index contributed by atoms with van der Waals surface area (Å²) in [6, 6.07) is 2.18. The van der Waals surface area contributed by atoms with Gasteiger partial charge < -0.3 is 14.7 Å². The van der Waals surface area contributed by atoms with E-state index < -0.39 is 23.7 Å². The molecule has 1 aliphatic heterocycles. The van der Waals surface area contributed by atoms with Crippen LogP contribution >= 0.6 is 0 Å². The summed E-state index contributed by atoms with van der Waals surface area (Å²) in [6.07, 6.45) is 9.00. The minimum Gasteiger partial charge on any atom is -0.493 e. The van der Waals surface area contributed by atoms with Crippen LogP contribution in [0.2, 0.25) is 0 Å². The first kappa shape index (κ1) is 18.6. The SMILES string of the molecule is O=C(O)[C@@H]1CCN1C(=O)c1cc(C2CC2)c(OCC23CC4CC(CC2C4)C3)cc1F. The highest BCUT2D eigenvalue weighted by atomic mass is 19.1. The number of aliphatic carboxylic acids is 1. The van der Waals surface area contributed by atoms with Gasteiger partial charge in [0.25, 0.3) is 5.91 Å². The van der Waals surface area contributed by atoms with Gasteiger partial charge in [0.2, 0.25) is 0 Å². The molecule has 5 aliphatic carbocycles. The van der Waals surface area contributed by atoms with E-state index >= 15 is 0 Å². The number of hydrogen-bond acceptors (Lipinski definition) is 3. The molecule has 1 amide bonds. The zero-order chi connectivity index (χ0) is 20.6. The molecule has 0 aromatic heterocycles. The summed E-state index contributed by atoms with van der Waals surface area (Å²) < 4.78 is 21.3. The molecule has 1 N–H and O–H groups in total. The lowest BCUT2D eigenvalue weighted by Crippen LogP contribution is -2.55. The van der Waals surface area contributed by atoms with Crippen molar-refractivity contribution in [2.45, 2.75) is 63.3 Å². The normalized spacial score (nSPS) is 36.1. The van der Waals surface area contributed by atoms with Crippen molar-refractivity contribution in [2.24, 2.45) is 23.2 Å². The zero-order valence-corrected chi connectivity index (χ0v) is 17.1. The van der Waals surface area contributed by atoms with Crippen LogP contribution in [0.25, 0.3) is 0 Å². The average molecular weight is 413 g/mol. The van der Waals surface area contributed by atoms with Crippen LogP contribution in [-0.4, -0.2) is 41.1 Å². The molecule has 7 rings (SSSR count). The topological polar surface area (TPSA) is 66.8 Å². The standard InChI is InChI=1S/C24H28FNO4/c25-19-9-21(30-12-24-10-13-5-14(11-24)7-16(24)6-13)17(15-1-2-15)8-18(19)22(27)26-4-3-20(26)23(28)29/h8-9,13-16,20H,1-7,10-12H2,(H,28,29)/t13?,14?,16?,20-,24?/m0/s1. The van der Waals surface area contributed by atoms with E-state index in [1.165, 1.54) is 43.1 Å². The maximum atomic E-state index is 15.0. The van der Waals surface area contributed by atoms with Gasteiger partial charge in [-0.25, -0.2) is 9.18 Å². The predicted octanol–water partition coefficient (Wildman–Crippen LogP) is 4.21. The first-order valence-electron chi connectivity index (χ1n) is 11.4. The van der Waals surface area contributed by atoms with Crippen molar-refractivity contribution in [1.29, 1.82) is 0 Å². The Bertz CT molecular complexity index is 912. The first-order chi connectivity index (χ1) is 14.4. The third kappa shape index (κ3) is 2.78. The number of rotatable bonds is 6. The fourth-order valence-electron chi connectivity index (χ4n) is 7.04. The number of ether oxygens (including phenoxy) is 1. The van der Waals surface area contributed by atoms with Crippen LogP contribution < -0.4 is 4.74 Å². The second-order valence-electron chi connectivity index (χ2n) is 10.5. The van der Waals surface area contributed by atoms with Crippen LogP contribution in [0.3, 0.4) is 0 Å². The van der Waals surface area contributed by atoms with E-state index in [-0.39, 0.29) is 11.0 Å². The summed E-state index contributed by atoms with van der Waals surface area (Å²) >= 11 is 0. The number of amides is 1. The number of likely N-dealkylation sites (tertiary alicyclic amines) is 1. The number of carbonyl (C=O) groups excluding carboxylic acids is 1. The quantitative estimate of drug-likeness (QED) is 0.759. The molecule has 2 unspecified atom stereocenters. The monoisotopic (exact) mass is 413 g/mol. The Morgan fingerprint density at radius 3 is 2.47 bits per heavy atom. The lowest BCUT2D eigenvalue weighted by Gasteiger charge is -2.38. The second-order valence-corrected chi connectivity index (χ2v) is 10.5. The third-order valence-corrected chi connectivity index (χ3v) is 8.59. The van der Waals surface area contributed by atoms with Gasteiger partial charge in [0.1, 0.15) is 17.6 Å². The van der Waals surface area contributed by atoms with Crippen LogP contribution in [0.1, 0.15) is 73.2 Å². The van der Waals surface area contributed by atoms with Gasteiger partial charge in [-0.3, -0.25) is 4.79 Å². The van der Waals surface area contributed by atoms with Crippen molar-refractivity contribution in [3.05, 3.63) is 29.1 Å². The highest BCUT2D eigenvalue weighted by Gasteiger charge is 2.58. The van der Waals surface area contributed by atoms with E-state index in [1.807, 2.05) is 0 Å². The van der Waals surface area contributed by atoms with Gasteiger partial charge in [-0.1, -0.05) is 0 Å². The smallest absolute Gasteiger partial charge is 0.326 e. The highest BCUT2D eigenvalue weighted by Crippen LogP contribution is 2.65. The minimum absolute atomic E-state index is 0.0192. The van der Waals surface area contributed by atoms with Crippen molar-refractivity contribution in [3.63, 3.8) is 0 Å². The van der Waals surface area contributed by atoms with Crippen LogP contribution in [0.5, 0.6) is 5.75 Å². The molecule has 0 radical (unpaired) electrons. The van der Waals surface area contributed by atoms with E-state index in [0.717, 1.165) is 36.2 Å². The second kappa shape index (κ2) is 6.44. The molecule has 1 aromatic carbocycles. The van der Waals surface area contributed by atoms with Crippen molar-refractivity contribution in [1.82, 2.24) is 4.90 Å². The fraction of sp³-hybridized carbons (Fsp3) is 0.667. The number of nitrogens with zero attached hydrogens (tertiary/aromatic N) is 1. The van der Waals surface area contributed by atoms with Crippen molar-refractivity contribution >= 4 is 11.9 Å². The summed E-state index contributed by atoms with van der Waals surface area (Å²) in [6.45, 7) is 1.02. The van der Waals surface area contributed by atoms with Crippen LogP contribution in [0, 0.1) is 29.0 Å². The number of carboxylic acid groups (broad SMARTS) is 1. The van der Waals surface area contributed by atoms with Gasteiger partial charge in [0, 0.05) is 18.0 Å². The molecule has 6 heteroatoms. The van der Waals surface area contributed by atoms with E-state index in [1.54, 1.807) is 6.07 Å². The summed E-state index contributed by atoms with van der Waals surface area (Å²) in [4.78, 5) is 25.3. The highest BCUT2D eigenvalue weighted by molar-refractivity contribution is 5.98. The molecule has 4 bridgehead atoms. The molecule has 1 heterocycles. The summed E-state index contributed by atoms with van der Waals surface area (Å²) in [5.41, 5.74) is 1.17. The van der Waals surface area contributed by atoms with Crippen molar-refractivity contribution in [2.75, 3.05) is 13.2 Å². The predicted molar refractivity (Wildman–Crippen MR) is 107 cm³/mol. The Labute approximate surface area is 175 Å². The molecule has 1 saturated heterocycles. The van der Waals surface area contributed by atoms with Gasteiger partial charge >= 0.3 is 5.97 Å². The maximum Gasteiger partial charge on any atom is 0.326 e. The first-order valence-corrected chi connectivity index (χ1v) is 11.4. The number of halogens is 1. The molecule has 5 saturated carbocycles. The van der Waals surface area contributed by atoms with Crippen LogP contribution in [-0.2, 0) is 4.79 Å². The van der Waals surface area contributed by atoms with Crippen LogP contribution in [0.4, 0.5) is 4.39 Å².